The number of para-hydroxylation sites is 1. The van der Waals surface area contributed by atoms with E-state index in [1.54, 1.807) is 30.5 Å². The van der Waals surface area contributed by atoms with E-state index in [0.29, 0.717) is 39.1 Å². The minimum absolute atomic E-state index is 0. The maximum atomic E-state index is 11.9. The summed E-state index contributed by atoms with van der Waals surface area (Å²) in [5, 5.41) is 11.9. The number of aromatic nitrogens is 3. The van der Waals surface area contributed by atoms with Crippen molar-refractivity contribution in [1.82, 2.24) is 14.5 Å². The Morgan fingerprint density at radius 1 is 0.600 bits per heavy atom. The number of rotatable bonds is 6. The summed E-state index contributed by atoms with van der Waals surface area (Å²) < 4.78 is 102. The molecule has 5 heteroatoms. The second kappa shape index (κ2) is 16.1. The van der Waals surface area contributed by atoms with Crippen LogP contribution in [-0.4, -0.2) is 19.6 Å². The van der Waals surface area contributed by atoms with Crippen LogP contribution in [0.5, 0.6) is 5.75 Å². The summed E-state index contributed by atoms with van der Waals surface area (Å²) in [6, 6.07) is 43.1. The number of hydrogen-bond donors (Lipinski definition) is 1. The second-order valence-electron chi connectivity index (χ2n) is 17.2. The summed E-state index contributed by atoms with van der Waals surface area (Å²) in [5.74, 6) is -0.289. The van der Waals surface area contributed by atoms with Crippen LogP contribution in [0, 0.1) is 12.9 Å². The van der Waals surface area contributed by atoms with Crippen molar-refractivity contribution in [2.45, 2.75) is 85.2 Å². The van der Waals surface area contributed by atoms with Crippen LogP contribution in [-0.2, 0) is 37.3 Å². The van der Waals surface area contributed by atoms with Crippen LogP contribution < -0.4 is 0 Å². The van der Waals surface area contributed by atoms with E-state index in [1.807, 2.05) is 95.6 Å². The van der Waals surface area contributed by atoms with Crippen molar-refractivity contribution in [1.29, 1.82) is 0 Å². The molecule has 306 valence electrons. The van der Waals surface area contributed by atoms with Crippen LogP contribution in [0.15, 0.2) is 140 Å². The largest absolute Gasteiger partial charge is 0.507 e. The van der Waals surface area contributed by atoms with Gasteiger partial charge in [-0.05, 0) is 92.9 Å². The van der Waals surface area contributed by atoms with E-state index in [4.69, 9.17) is 26.4 Å². The summed E-state index contributed by atoms with van der Waals surface area (Å²) in [7, 11) is 0. The second-order valence-corrected chi connectivity index (χ2v) is 17.2. The fraction of sp³-hybridized carbons (Fsp3) is 0.236. The van der Waals surface area contributed by atoms with Gasteiger partial charge in [0.15, 0.2) is 0 Å². The molecule has 0 bridgehead atoms. The van der Waals surface area contributed by atoms with E-state index in [9.17, 15) is 5.11 Å². The SMILES string of the molecule is [2H]C([2H])([2H])c1ccc(-c2ccnc(-c3[c-]c(-c4cccc5c4nc(-c4cc(C(C([2H])([2H])[2H])(C([2H])([2H])[2H])C([2H])([2H])[2H])ccc4O)n5-c4ccc(-c5ccccc5)c(C(C)(C)C)c4)cc(C(C)(C)C)c3)c2)cc1.[Pt]. The Labute approximate surface area is 387 Å². The van der Waals surface area contributed by atoms with Crippen LogP contribution in [0.1, 0.15) is 101 Å². The molecule has 0 fully saturated rings. The third-order valence-electron chi connectivity index (χ3n) is 10.8. The first-order valence-corrected chi connectivity index (χ1v) is 19.6. The van der Waals surface area contributed by atoms with Gasteiger partial charge < -0.3 is 5.11 Å². The molecule has 0 atom stereocenters. The molecule has 0 aliphatic heterocycles. The molecule has 0 aliphatic rings. The maximum absolute atomic E-state index is 11.9. The van der Waals surface area contributed by atoms with Crippen molar-refractivity contribution in [3.63, 3.8) is 0 Å². The van der Waals surface area contributed by atoms with Crippen molar-refractivity contribution in [3.05, 3.63) is 168 Å². The van der Waals surface area contributed by atoms with E-state index in [-0.39, 0.29) is 49.2 Å². The van der Waals surface area contributed by atoms with E-state index < -0.39 is 43.8 Å². The third-order valence-corrected chi connectivity index (χ3v) is 10.8. The number of hydrogen-bond acceptors (Lipinski definition) is 3. The molecule has 2 aromatic heterocycles. The third kappa shape index (κ3) is 8.41. The quantitative estimate of drug-likeness (QED) is 0.169. The van der Waals surface area contributed by atoms with Gasteiger partial charge in [0.25, 0.3) is 0 Å². The maximum Gasteiger partial charge on any atom is 0.148 e. The van der Waals surface area contributed by atoms with Crippen molar-refractivity contribution in [3.8, 4) is 67.5 Å². The molecule has 6 aromatic carbocycles. The fourth-order valence-electron chi connectivity index (χ4n) is 7.57. The van der Waals surface area contributed by atoms with Gasteiger partial charge in [0.05, 0.1) is 16.6 Å². The van der Waals surface area contributed by atoms with Gasteiger partial charge in [-0.2, -0.15) is 0 Å². The smallest absolute Gasteiger partial charge is 0.148 e. The standard InChI is InChI=1S/C55H54N3O.Pt/c1-35-19-21-36(22-20-35)38-27-28-56-48(32-38)40-29-39(30-42(31-40)54(5,6)7)45-17-14-18-49-51(45)57-52(46-33-41(53(2,3)4)23-26-50(46)59)58(49)43-24-25-44(37-15-12-11-13-16-37)47(34-43)55(8,9)10;/h11-28,30-34,59H,1-10H3;/q-1;/i1D3,2D3,3D3,4D3;. The monoisotopic (exact) mass is 979 g/mol. The number of fused-ring (bicyclic) bond motifs is 1. The average Bonchev–Trinajstić information content (AvgIpc) is 3.67. The molecule has 4 nitrogen and oxygen atoms in total. The number of phenols is 1. The summed E-state index contributed by atoms with van der Waals surface area (Å²) in [6.07, 6.45) is 1.70. The predicted molar refractivity (Wildman–Crippen MR) is 247 cm³/mol. The predicted octanol–water partition coefficient (Wildman–Crippen LogP) is 14.5. The summed E-state index contributed by atoms with van der Waals surface area (Å²) >= 11 is 0. The van der Waals surface area contributed by atoms with E-state index in [0.717, 1.165) is 51.6 Å². The van der Waals surface area contributed by atoms with Gasteiger partial charge in [-0.25, -0.2) is 4.98 Å². The molecule has 8 aromatic rings. The Kier molecular flexibility index (Phi) is 7.96. The minimum Gasteiger partial charge on any atom is -0.507 e. The Morgan fingerprint density at radius 3 is 2.05 bits per heavy atom. The summed E-state index contributed by atoms with van der Waals surface area (Å²) in [6.45, 7) is -0.290. The molecule has 0 saturated heterocycles. The minimum atomic E-state index is -3.55. The number of aryl methyl sites for hydroxylation is 1. The van der Waals surface area contributed by atoms with Crippen molar-refractivity contribution in [2.75, 3.05) is 0 Å². The average molecular weight is 980 g/mol. The number of pyridine rings is 1. The van der Waals surface area contributed by atoms with Gasteiger partial charge >= 0.3 is 0 Å². The normalized spacial score (nSPS) is 15.9. The molecule has 0 radical (unpaired) electrons. The van der Waals surface area contributed by atoms with E-state index in [1.165, 1.54) is 0 Å². The Balaban J connectivity index is 0.00000760. The van der Waals surface area contributed by atoms with E-state index in [2.05, 4.69) is 47.6 Å². The van der Waals surface area contributed by atoms with Crippen molar-refractivity contribution in [2.24, 2.45) is 0 Å². The zero-order valence-electron chi connectivity index (χ0n) is 46.4. The molecule has 2 heterocycles. The van der Waals surface area contributed by atoms with Gasteiger partial charge in [0, 0.05) is 55.1 Å². The zero-order valence-corrected chi connectivity index (χ0v) is 36.7. The molecule has 8 rings (SSSR count). The topological polar surface area (TPSA) is 50.9 Å². The zero-order chi connectivity index (χ0) is 51.9. The number of phenolic OH excluding ortho intramolecular Hbond substituents is 1. The summed E-state index contributed by atoms with van der Waals surface area (Å²) in [4.78, 5) is 10.0. The fourth-order valence-corrected chi connectivity index (χ4v) is 7.57. The van der Waals surface area contributed by atoms with Crippen LogP contribution >= 0.6 is 0 Å². The van der Waals surface area contributed by atoms with Crippen LogP contribution in [0.4, 0.5) is 0 Å². The van der Waals surface area contributed by atoms with Crippen LogP contribution in [0.25, 0.3) is 72.7 Å². The molecule has 0 saturated carbocycles. The van der Waals surface area contributed by atoms with Gasteiger partial charge in [-0.15, -0.1) is 29.3 Å². The molecule has 0 aliphatic carbocycles. The molecular formula is C55H54N3OPt-. The molecule has 1 N–H and O–H groups in total. The van der Waals surface area contributed by atoms with Crippen molar-refractivity contribution < 1.29 is 42.6 Å². The van der Waals surface area contributed by atoms with Gasteiger partial charge in [-0.3, -0.25) is 9.55 Å². The number of imidazole rings is 1. The van der Waals surface area contributed by atoms with E-state index >= 15 is 0 Å². The molecule has 0 unspecified atom stereocenters. The Hall–Kier alpha value is -5.57. The Bertz CT molecular complexity index is 3250. The molecule has 0 spiro atoms. The van der Waals surface area contributed by atoms with Gasteiger partial charge in [0.1, 0.15) is 11.6 Å². The van der Waals surface area contributed by atoms with Crippen molar-refractivity contribution >= 4 is 11.0 Å². The Morgan fingerprint density at radius 2 is 1.35 bits per heavy atom. The number of nitrogens with zero attached hydrogens (tertiary/aromatic N) is 3. The molecule has 0 amide bonds. The van der Waals surface area contributed by atoms with Gasteiger partial charge in [-0.1, -0.05) is 164 Å². The molecule has 60 heavy (non-hydrogen) atoms. The first-order valence-electron chi connectivity index (χ1n) is 25.6. The van der Waals surface area contributed by atoms with Crippen LogP contribution in [0.2, 0.25) is 0 Å². The molecular weight excluding hydrogens is 914 g/mol. The van der Waals surface area contributed by atoms with Gasteiger partial charge in [0.2, 0.25) is 0 Å². The number of aromatic hydroxyl groups is 1. The summed E-state index contributed by atoms with van der Waals surface area (Å²) in [5.41, 5.74) is 5.30. The van der Waals surface area contributed by atoms with Crippen LogP contribution in [0.3, 0.4) is 0 Å². The first-order chi connectivity index (χ1) is 32.9. The first kappa shape index (κ1) is 29.6. The number of benzene rings is 6.